The third-order valence-electron chi connectivity index (χ3n) is 5.14. The minimum absolute atomic E-state index is 0.167. The Morgan fingerprint density at radius 2 is 1.74 bits per heavy atom. The second-order valence-electron chi connectivity index (χ2n) is 9.46. The number of aryl methyl sites for hydroxylation is 3. The maximum atomic E-state index is 13.4. The lowest BCUT2D eigenvalue weighted by molar-refractivity contribution is -0.122. The summed E-state index contributed by atoms with van der Waals surface area (Å²) in [6.07, 6.45) is 0.368. The van der Waals surface area contributed by atoms with Gasteiger partial charge in [-0.1, -0.05) is 18.2 Å². The van der Waals surface area contributed by atoms with Gasteiger partial charge in [-0.2, -0.15) is 0 Å². The lowest BCUT2D eigenvalue weighted by Gasteiger charge is -2.23. The highest BCUT2D eigenvalue weighted by atomic mass is 32.1. The fourth-order valence-corrected chi connectivity index (χ4v) is 4.88. The Morgan fingerprint density at radius 3 is 2.24 bits per heavy atom. The molecule has 2 aromatic heterocycles. The first kappa shape index (κ1) is 32.6. The molecule has 0 radical (unpaired) electrons. The molecule has 0 aliphatic heterocycles. The van der Waals surface area contributed by atoms with Gasteiger partial charge in [-0.05, 0) is 72.1 Å². The van der Waals surface area contributed by atoms with Crippen LogP contribution < -0.4 is 16.0 Å². The second-order valence-corrected chi connectivity index (χ2v) is 10.5. The molecule has 1 aromatic carbocycles. The molecule has 0 spiro atoms. The van der Waals surface area contributed by atoms with Gasteiger partial charge >= 0.3 is 11.7 Å². The van der Waals surface area contributed by atoms with Crippen molar-refractivity contribution in [3.63, 3.8) is 0 Å². The molecule has 38 heavy (non-hydrogen) atoms. The molecule has 3 aromatic rings. The van der Waals surface area contributed by atoms with Crippen LogP contribution in [0.2, 0.25) is 0 Å². The van der Waals surface area contributed by atoms with Gasteiger partial charge in [0.25, 0.3) is 12.0 Å². The summed E-state index contributed by atoms with van der Waals surface area (Å²) in [4.78, 5) is 48.4. The minimum atomic E-state index is -0.715. The number of nitrogens with zero attached hydrogens (tertiary/aromatic N) is 2. The van der Waals surface area contributed by atoms with E-state index in [-0.39, 0.29) is 24.7 Å². The maximum absolute atomic E-state index is 13.4. The number of aromatic nitrogens is 2. The Balaban J connectivity index is 0.000000923. The lowest BCUT2D eigenvalue weighted by Crippen LogP contribution is -2.47. The van der Waals surface area contributed by atoms with Crippen LogP contribution in [0.25, 0.3) is 10.2 Å². The Hall–Kier alpha value is -3.44. The van der Waals surface area contributed by atoms with Crippen LogP contribution in [0.4, 0.5) is 0 Å². The van der Waals surface area contributed by atoms with Crippen molar-refractivity contribution in [2.45, 2.75) is 73.1 Å². The summed E-state index contributed by atoms with van der Waals surface area (Å²) >= 11 is 1.14. The van der Waals surface area contributed by atoms with E-state index in [9.17, 15) is 14.4 Å². The number of carbonyl (C=O) groups is 2. The van der Waals surface area contributed by atoms with Gasteiger partial charge in [0.05, 0.1) is 19.1 Å². The van der Waals surface area contributed by atoms with Crippen LogP contribution in [0.5, 0.6) is 5.75 Å². The Morgan fingerprint density at radius 1 is 1.18 bits per heavy atom. The zero-order valence-electron chi connectivity index (χ0n) is 23.2. The van der Waals surface area contributed by atoms with Crippen LogP contribution in [0.3, 0.4) is 0 Å². The average molecular weight is 551 g/mol. The van der Waals surface area contributed by atoms with Gasteiger partial charge in [0, 0.05) is 18.2 Å². The summed E-state index contributed by atoms with van der Waals surface area (Å²) in [5.41, 5.74) is 0.0133. The average Bonchev–Trinajstić information content (AvgIpc) is 3.16. The fraction of sp³-hybridized carbons (Fsp3) is 0.481. The third-order valence-corrected chi connectivity index (χ3v) is 6.44. The fourth-order valence-electron chi connectivity index (χ4n) is 3.67. The van der Waals surface area contributed by atoms with E-state index in [1.165, 1.54) is 4.57 Å². The molecule has 2 N–H and O–H groups in total. The first-order valence-corrected chi connectivity index (χ1v) is 12.9. The van der Waals surface area contributed by atoms with Crippen LogP contribution >= 0.6 is 11.3 Å². The lowest BCUT2D eigenvalue weighted by atomic mass is 10.1. The van der Waals surface area contributed by atoms with Gasteiger partial charge in [-0.25, -0.2) is 9.59 Å². The highest BCUT2D eigenvalue weighted by Crippen LogP contribution is 2.29. The van der Waals surface area contributed by atoms with Crippen LogP contribution in [0.15, 0.2) is 33.9 Å². The van der Waals surface area contributed by atoms with Gasteiger partial charge in [-0.3, -0.25) is 18.7 Å². The number of aliphatic hydroxyl groups excluding tert-OH is 1. The van der Waals surface area contributed by atoms with E-state index in [2.05, 4.69) is 0 Å². The summed E-state index contributed by atoms with van der Waals surface area (Å²) in [5.74, 6) is 0.261. The van der Waals surface area contributed by atoms with E-state index in [0.29, 0.717) is 33.6 Å². The molecule has 210 valence electrons. The summed E-state index contributed by atoms with van der Waals surface area (Å²) < 4.78 is 13.5. The highest BCUT2D eigenvalue weighted by Gasteiger charge is 2.27. The summed E-state index contributed by atoms with van der Waals surface area (Å²) in [6.45, 7) is 12.7. The quantitative estimate of drug-likeness (QED) is 0.349. The van der Waals surface area contributed by atoms with Gasteiger partial charge < -0.3 is 19.7 Å². The number of hydrogen-bond acceptors (Lipinski definition) is 8. The molecule has 0 amide bonds. The number of ether oxygens (including phenoxy) is 2. The van der Waals surface area contributed by atoms with E-state index in [4.69, 9.17) is 24.5 Å². The zero-order valence-corrected chi connectivity index (χ0v) is 24.0. The van der Waals surface area contributed by atoms with Gasteiger partial charge in [0.2, 0.25) is 0 Å². The number of carboxylic acid groups (broad SMARTS) is 1. The standard InChI is InChI=1S/C23H28N2O5S.C3H8O.CH2O2/c1-7-30-21(27)18-14(2)17-19(26)25(23(3,4)5)22(28)24(20(17)31-18)13-12-15-10-8-9-11-16(15)29-6;1-3(2)4;2-1-3/h8-11H,7,12-13H2,1-6H3;3-4H,1-2H3;1H,(H,2,3). The Bertz CT molecular complexity index is 1340. The number of fused-ring (bicyclic) bond motifs is 1. The molecule has 0 aliphatic carbocycles. The van der Waals surface area contributed by atoms with Crippen molar-refractivity contribution in [3.05, 3.63) is 61.1 Å². The van der Waals surface area contributed by atoms with Gasteiger partial charge in [-0.15, -0.1) is 11.3 Å². The number of benzene rings is 1. The van der Waals surface area contributed by atoms with Crippen molar-refractivity contribution in [3.8, 4) is 5.75 Å². The number of rotatable bonds is 6. The summed E-state index contributed by atoms with van der Waals surface area (Å²) in [7, 11) is 1.61. The Labute approximate surface area is 226 Å². The van der Waals surface area contributed by atoms with Crippen LogP contribution in [0, 0.1) is 6.92 Å². The van der Waals surface area contributed by atoms with E-state index in [0.717, 1.165) is 22.6 Å². The molecule has 2 heterocycles. The molecule has 0 saturated carbocycles. The van der Waals surface area contributed by atoms with Gasteiger partial charge in [0.15, 0.2) is 0 Å². The first-order chi connectivity index (χ1) is 17.8. The molecule has 10 nitrogen and oxygen atoms in total. The summed E-state index contributed by atoms with van der Waals surface area (Å²) in [5, 5.41) is 15.3. The van der Waals surface area contributed by atoms with E-state index >= 15 is 0 Å². The van der Waals surface area contributed by atoms with E-state index in [1.54, 1.807) is 39.4 Å². The normalized spacial score (nSPS) is 10.8. The predicted molar refractivity (Wildman–Crippen MR) is 149 cm³/mol. The molecular weight excluding hydrogens is 512 g/mol. The molecule has 0 unspecified atom stereocenters. The van der Waals surface area contributed by atoms with Crippen LogP contribution in [-0.4, -0.2) is 51.6 Å². The van der Waals surface area contributed by atoms with Crippen molar-refractivity contribution >= 4 is 34.0 Å². The maximum Gasteiger partial charge on any atom is 0.348 e. The van der Waals surface area contributed by atoms with Crippen LogP contribution in [-0.2, 0) is 28.0 Å². The topological polar surface area (TPSA) is 137 Å². The smallest absolute Gasteiger partial charge is 0.348 e. The zero-order chi connectivity index (χ0) is 29.2. The van der Waals surface area contributed by atoms with Crippen molar-refractivity contribution in [2.75, 3.05) is 13.7 Å². The van der Waals surface area contributed by atoms with Crippen molar-refractivity contribution in [2.24, 2.45) is 0 Å². The molecule has 0 aliphatic rings. The predicted octanol–water partition coefficient (Wildman–Crippen LogP) is 3.80. The monoisotopic (exact) mass is 550 g/mol. The number of hydrogen-bond donors (Lipinski definition) is 2. The molecule has 0 atom stereocenters. The number of para-hydroxylation sites is 1. The van der Waals surface area contributed by atoms with E-state index < -0.39 is 17.2 Å². The molecule has 3 rings (SSSR count). The van der Waals surface area contributed by atoms with E-state index in [1.807, 2.05) is 45.0 Å². The molecule has 11 heteroatoms. The Kier molecular flexibility index (Phi) is 12.4. The van der Waals surface area contributed by atoms with Gasteiger partial charge in [0.1, 0.15) is 15.5 Å². The first-order valence-electron chi connectivity index (χ1n) is 12.1. The minimum Gasteiger partial charge on any atom is -0.496 e. The van der Waals surface area contributed by atoms with Crippen molar-refractivity contribution in [1.82, 2.24) is 9.13 Å². The number of methoxy groups -OCH3 is 1. The van der Waals surface area contributed by atoms with Crippen molar-refractivity contribution < 1.29 is 29.3 Å². The van der Waals surface area contributed by atoms with Crippen LogP contribution in [0.1, 0.15) is 62.3 Å². The number of aliphatic hydroxyl groups is 1. The molecule has 0 fully saturated rings. The third kappa shape index (κ3) is 8.03. The number of thiophene rings is 1. The van der Waals surface area contributed by atoms with Crippen molar-refractivity contribution in [1.29, 1.82) is 0 Å². The summed E-state index contributed by atoms with van der Waals surface area (Å²) in [6, 6.07) is 7.63. The highest BCUT2D eigenvalue weighted by molar-refractivity contribution is 7.20. The second kappa shape index (κ2) is 14.5. The SMILES string of the molecule is CC(C)O.CCOC(=O)c1sc2c(c1C)c(=O)n(C(C)(C)C)c(=O)n2CCc1ccccc1OC.O=CO. The molecule has 0 bridgehead atoms. The molecular formula is C27H38N2O8S. The largest absolute Gasteiger partial charge is 0.496 e. The number of esters is 1. The molecule has 0 saturated heterocycles. The number of carbonyl (C=O) groups excluding carboxylic acids is 1.